The van der Waals surface area contributed by atoms with Crippen LogP contribution in [0, 0.1) is 13.8 Å². The van der Waals surface area contributed by atoms with E-state index in [4.69, 9.17) is 37.7 Å². The van der Waals surface area contributed by atoms with Crippen molar-refractivity contribution in [1.29, 1.82) is 0 Å². The summed E-state index contributed by atoms with van der Waals surface area (Å²) in [6.45, 7) is 3.73. The molecule has 0 aliphatic carbocycles. The maximum Gasteiger partial charge on any atom is 0.337 e. The van der Waals surface area contributed by atoms with E-state index in [-0.39, 0.29) is 5.01 Å². The number of anilines is 2. The molecule has 0 saturated carbocycles. The van der Waals surface area contributed by atoms with Gasteiger partial charge in [0.15, 0.2) is 5.92 Å². The SMILES string of the molecule is COC(=O)c1ccc(Oc2sc(C(C(=O)Nc3cc(C)ccc3Cl)C(=O)Nc3cc(C)ccc3Cl)nc2-c2ccccc2)cc1. The third kappa shape index (κ3) is 7.51. The van der Waals surface area contributed by atoms with Crippen LogP contribution in [0.3, 0.4) is 0 Å². The number of methoxy groups -OCH3 is 1. The Hall–Kier alpha value is -4.70. The Bertz CT molecular complexity index is 1810. The van der Waals surface area contributed by atoms with Gasteiger partial charge < -0.3 is 20.1 Å². The molecule has 45 heavy (non-hydrogen) atoms. The number of carbonyl (C=O) groups excluding carboxylic acids is 3. The van der Waals surface area contributed by atoms with Gasteiger partial charge in [-0.2, -0.15) is 0 Å². The Kier molecular flexibility index (Phi) is 9.83. The topological polar surface area (TPSA) is 107 Å². The zero-order valence-electron chi connectivity index (χ0n) is 24.4. The van der Waals surface area contributed by atoms with E-state index in [1.165, 1.54) is 7.11 Å². The average molecular weight is 661 g/mol. The molecular weight excluding hydrogens is 633 g/mol. The maximum absolute atomic E-state index is 13.9. The lowest BCUT2D eigenvalue weighted by atomic mass is 10.1. The van der Waals surface area contributed by atoms with Gasteiger partial charge in [0, 0.05) is 5.56 Å². The predicted octanol–water partition coefficient (Wildman–Crippen LogP) is 8.67. The van der Waals surface area contributed by atoms with E-state index in [1.807, 2.05) is 56.3 Å². The van der Waals surface area contributed by atoms with E-state index in [2.05, 4.69) is 10.6 Å². The summed E-state index contributed by atoms with van der Waals surface area (Å²) in [4.78, 5) is 44.5. The van der Waals surface area contributed by atoms with Crippen LogP contribution in [0.15, 0.2) is 91.0 Å². The monoisotopic (exact) mass is 659 g/mol. The number of thiazole rings is 1. The molecule has 0 radical (unpaired) electrons. The van der Waals surface area contributed by atoms with Crippen LogP contribution in [0.4, 0.5) is 11.4 Å². The lowest BCUT2D eigenvalue weighted by Crippen LogP contribution is -2.32. The molecule has 5 rings (SSSR count). The van der Waals surface area contributed by atoms with Crippen molar-refractivity contribution in [1.82, 2.24) is 4.98 Å². The molecule has 0 spiro atoms. The number of nitrogens with zero attached hydrogens (tertiary/aromatic N) is 1. The molecule has 228 valence electrons. The number of aromatic nitrogens is 1. The van der Waals surface area contributed by atoms with Gasteiger partial charge >= 0.3 is 5.97 Å². The summed E-state index contributed by atoms with van der Waals surface area (Å²) < 4.78 is 11.0. The summed E-state index contributed by atoms with van der Waals surface area (Å²) in [5.74, 6) is -2.77. The van der Waals surface area contributed by atoms with Crippen molar-refractivity contribution in [3.05, 3.63) is 123 Å². The standard InChI is InChI=1S/C34H27Cl2N3O5S/c1-19-9-15-24(35)26(17-19)37-30(40)28(31(41)38-27-18-20(2)10-16-25(27)36)32-39-29(21-7-5-4-6-8-21)34(45-32)44-23-13-11-22(12-14-23)33(42)43-3/h4-18,28H,1-3H3,(H,37,40)(H,38,41). The summed E-state index contributed by atoms with van der Waals surface area (Å²) in [6.07, 6.45) is 0. The van der Waals surface area contributed by atoms with Gasteiger partial charge in [-0.25, -0.2) is 9.78 Å². The highest BCUT2D eigenvalue weighted by Gasteiger charge is 2.34. The first kappa shape index (κ1) is 31.7. The van der Waals surface area contributed by atoms with E-state index in [9.17, 15) is 14.4 Å². The third-order valence-electron chi connectivity index (χ3n) is 6.68. The number of carbonyl (C=O) groups is 3. The van der Waals surface area contributed by atoms with Crippen molar-refractivity contribution in [2.45, 2.75) is 19.8 Å². The Labute approximate surface area is 273 Å². The van der Waals surface area contributed by atoms with Gasteiger partial charge in [0.2, 0.25) is 16.9 Å². The molecule has 0 saturated heterocycles. The van der Waals surface area contributed by atoms with Gasteiger partial charge in [0.1, 0.15) is 16.5 Å². The molecule has 11 heteroatoms. The molecule has 0 bridgehead atoms. The quantitative estimate of drug-likeness (QED) is 0.121. The van der Waals surface area contributed by atoms with Crippen molar-refractivity contribution >= 4 is 63.7 Å². The number of hydrogen-bond acceptors (Lipinski definition) is 7. The fraction of sp³-hybridized carbons (Fsp3) is 0.118. The normalized spacial score (nSPS) is 10.8. The summed E-state index contributed by atoms with van der Waals surface area (Å²) in [6, 6.07) is 26.1. The number of ether oxygens (including phenoxy) is 2. The zero-order valence-corrected chi connectivity index (χ0v) is 26.7. The largest absolute Gasteiger partial charge is 0.465 e. The van der Waals surface area contributed by atoms with Crippen molar-refractivity contribution < 1.29 is 23.9 Å². The third-order valence-corrected chi connectivity index (χ3v) is 8.33. The first-order valence-corrected chi connectivity index (χ1v) is 15.3. The first-order chi connectivity index (χ1) is 21.6. The predicted molar refractivity (Wildman–Crippen MR) is 178 cm³/mol. The van der Waals surface area contributed by atoms with Crippen LogP contribution in [0.5, 0.6) is 10.8 Å². The van der Waals surface area contributed by atoms with Gasteiger partial charge in [0.05, 0.1) is 34.1 Å². The second kappa shape index (κ2) is 13.9. The molecule has 5 aromatic rings. The number of rotatable bonds is 9. The number of aryl methyl sites for hydroxylation is 2. The molecule has 0 unspecified atom stereocenters. The van der Waals surface area contributed by atoms with E-state index in [1.54, 1.807) is 48.5 Å². The molecule has 0 fully saturated rings. The number of hydrogen-bond donors (Lipinski definition) is 2. The van der Waals surface area contributed by atoms with Gasteiger partial charge in [-0.05, 0) is 73.5 Å². The van der Waals surface area contributed by atoms with Crippen molar-refractivity contribution in [2.75, 3.05) is 17.7 Å². The maximum atomic E-state index is 13.9. The van der Waals surface area contributed by atoms with E-state index in [0.29, 0.717) is 49.1 Å². The fourth-order valence-electron chi connectivity index (χ4n) is 4.40. The van der Waals surface area contributed by atoms with Crippen LogP contribution in [-0.4, -0.2) is 29.9 Å². The summed E-state index contributed by atoms with van der Waals surface area (Å²) in [5.41, 5.74) is 3.96. The molecule has 0 aliphatic rings. The Morgan fingerprint density at radius 3 is 1.87 bits per heavy atom. The van der Waals surface area contributed by atoms with Crippen LogP contribution in [0.1, 0.15) is 32.4 Å². The smallest absolute Gasteiger partial charge is 0.337 e. The summed E-state index contributed by atoms with van der Waals surface area (Å²) in [5, 5.41) is 6.76. The number of nitrogens with one attached hydrogen (secondary N) is 2. The molecule has 0 atom stereocenters. The van der Waals surface area contributed by atoms with Crippen molar-refractivity contribution in [3.8, 4) is 22.1 Å². The van der Waals surface area contributed by atoms with E-state index < -0.39 is 23.7 Å². The van der Waals surface area contributed by atoms with Crippen molar-refractivity contribution in [2.24, 2.45) is 0 Å². The number of halogens is 2. The fourth-order valence-corrected chi connectivity index (χ4v) is 5.79. The minimum Gasteiger partial charge on any atom is -0.465 e. The Morgan fingerprint density at radius 2 is 1.33 bits per heavy atom. The molecule has 0 aliphatic heterocycles. The number of benzene rings is 4. The summed E-state index contributed by atoms with van der Waals surface area (Å²) >= 11 is 13.8. The highest BCUT2D eigenvalue weighted by Crippen LogP contribution is 2.41. The molecule has 2 amide bonds. The highest BCUT2D eigenvalue weighted by molar-refractivity contribution is 7.14. The van der Waals surface area contributed by atoms with Crippen LogP contribution >= 0.6 is 34.5 Å². The zero-order chi connectivity index (χ0) is 32.1. The Morgan fingerprint density at radius 1 is 0.778 bits per heavy atom. The highest BCUT2D eigenvalue weighted by atomic mass is 35.5. The second-order valence-corrected chi connectivity index (χ2v) is 11.9. The molecule has 2 N–H and O–H groups in total. The number of amides is 2. The van der Waals surface area contributed by atoms with Crippen LogP contribution < -0.4 is 15.4 Å². The van der Waals surface area contributed by atoms with Gasteiger partial charge in [-0.3, -0.25) is 9.59 Å². The minimum atomic E-state index is -1.41. The Balaban J connectivity index is 1.57. The molecule has 1 heterocycles. The van der Waals surface area contributed by atoms with E-state index >= 15 is 0 Å². The van der Waals surface area contributed by atoms with Crippen LogP contribution in [-0.2, 0) is 14.3 Å². The van der Waals surface area contributed by atoms with Crippen molar-refractivity contribution in [3.63, 3.8) is 0 Å². The number of esters is 1. The average Bonchev–Trinajstić information content (AvgIpc) is 3.44. The first-order valence-electron chi connectivity index (χ1n) is 13.7. The van der Waals surface area contributed by atoms with Gasteiger partial charge in [0.25, 0.3) is 0 Å². The van der Waals surface area contributed by atoms with Gasteiger partial charge in [-0.15, -0.1) is 0 Å². The van der Waals surface area contributed by atoms with Crippen LogP contribution in [0.25, 0.3) is 11.3 Å². The van der Waals surface area contributed by atoms with Crippen LogP contribution in [0.2, 0.25) is 10.0 Å². The van der Waals surface area contributed by atoms with E-state index in [0.717, 1.165) is 22.5 Å². The molecular formula is C34H27Cl2N3O5S. The van der Waals surface area contributed by atoms with Gasteiger partial charge in [-0.1, -0.05) is 77.0 Å². The minimum absolute atomic E-state index is 0.178. The molecule has 4 aromatic carbocycles. The molecule has 1 aromatic heterocycles. The molecule has 8 nitrogen and oxygen atoms in total. The lowest BCUT2D eigenvalue weighted by molar-refractivity contribution is -0.125. The second-order valence-electron chi connectivity index (χ2n) is 10.1. The summed E-state index contributed by atoms with van der Waals surface area (Å²) in [7, 11) is 1.31. The lowest BCUT2D eigenvalue weighted by Gasteiger charge is -2.17.